The molecule has 0 spiro atoms. The molecule has 1 heterocycles. The SMILES string of the molecule is CCOC(=O)c1cc(NC2=CC(=S)CC=C2)[nH]n1. The van der Waals surface area contributed by atoms with Crippen molar-refractivity contribution in [3.63, 3.8) is 0 Å². The lowest BCUT2D eigenvalue weighted by Crippen LogP contribution is -2.05. The van der Waals surface area contributed by atoms with Gasteiger partial charge in [0.2, 0.25) is 0 Å². The van der Waals surface area contributed by atoms with Gasteiger partial charge in [0, 0.05) is 23.0 Å². The summed E-state index contributed by atoms with van der Waals surface area (Å²) in [5.74, 6) is 0.184. The molecule has 2 rings (SSSR count). The highest BCUT2D eigenvalue weighted by Gasteiger charge is 2.11. The molecule has 1 aromatic rings. The summed E-state index contributed by atoms with van der Waals surface area (Å²) in [7, 11) is 0. The van der Waals surface area contributed by atoms with Crippen molar-refractivity contribution in [2.24, 2.45) is 0 Å². The van der Waals surface area contributed by atoms with Gasteiger partial charge in [-0.15, -0.1) is 0 Å². The van der Waals surface area contributed by atoms with Crippen molar-refractivity contribution >= 4 is 28.9 Å². The largest absolute Gasteiger partial charge is 0.461 e. The van der Waals surface area contributed by atoms with Gasteiger partial charge in [-0.3, -0.25) is 5.10 Å². The zero-order valence-electron chi connectivity index (χ0n) is 9.90. The summed E-state index contributed by atoms with van der Waals surface area (Å²) in [6.45, 7) is 2.08. The minimum absolute atomic E-state index is 0.252. The summed E-state index contributed by atoms with van der Waals surface area (Å²) < 4.78 is 4.85. The van der Waals surface area contributed by atoms with E-state index in [1.807, 2.05) is 18.2 Å². The van der Waals surface area contributed by atoms with Gasteiger partial charge in [0.25, 0.3) is 0 Å². The molecule has 1 aliphatic carbocycles. The van der Waals surface area contributed by atoms with E-state index in [0.29, 0.717) is 12.4 Å². The monoisotopic (exact) mass is 263 g/mol. The molecular weight excluding hydrogens is 250 g/mol. The lowest BCUT2D eigenvalue weighted by atomic mass is 10.1. The molecule has 5 nitrogen and oxygen atoms in total. The highest BCUT2D eigenvalue weighted by Crippen LogP contribution is 2.13. The molecule has 1 aromatic heterocycles. The number of ether oxygens (including phenoxy) is 1. The molecule has 2 N–H and O–H groups in total. The van der Waals surface area contributed by atoms with Crippen LogP contribution in [0.3, 0.4) is 0 Å². The van der Waals surface area contributed by atoms with Gasteiger partial charge in [0.1, 0.15) is 5.82 Å². The van der Waals surface area contributed by atoms with Gasteiger partial charge in [0.05, 0.1) is 6.61 Å². The van der Waals surface area contributed by atoms with E-state index in [1.54, 1.807) is 13.0 Å². The summed E-state index contributed by atoms with van der Waals surface area (Å²) in [6.07, 6.45) is 6.58. The lowest BCUT2D eigenvalue weighted by Gasteiger charge is -2.08. The number of aromatic amines is 1. The van der Waals surface area contributed by atoms with E-state index >= 15 is 0 Å². The molecule has 6 heteroatoms. The van der Waals surface area contributed by atoms with Crippen LogP contribution in [0.25, 0.3) is 0 Å². The van der Waals surface area contributed by atoms with E-state index in [0.717, 1.165) is 17.0 Å². The molecule has 0 saturated carbocycles. The fraction of sp³-hybridized carbons (Fsp3) is 0.250. The number of carbonyl (C=O) groups excluding carboxylic acids is 1. The van der Waals surface area contributed by atoms with Crippen LogP contribution < -0.4 is 5.32 Å². The Balaban J connectivity index is 2.05. The molecule has 0 unspecified atom stereocenters. The number of nitrogens with one attached hydrogen (secondary N) is 2. The van der Waals surface area contributed by atoms with Crippen molar-refractivity contribution in [1.29, 1.82) is 0 Å². The highest BCUT2D eigenvalue weighted by atomic mass is 32.1. The Morgan fingerprint density at radius 2 is 2.50 bits per heavy atom. The Labute approximate surface area is 110 Å². The number of hydrogen-bond donors (Lipinski definition) is 2. The standard InChI is InChI=1S/C12H13N3O2S/c1-2-17-12(16)10-7-11(15-14-10)13-8-4-3-5-9(18)6-8/h3-4,6-7H,2,5H2,1H3,(H2,13,14,15). The number of H-pyrrole nitrogens is 1. The number of hydrogen-bond acceptors (Lipinski definition) is 5. The van der Waals surface area contributed by atoms with Crippen LogP contribution in [0, 0.1) is 0 Å². The number of allylic oxidation sites excluding steroid dienone is 3. The van der Waals surface area contributed by atoms with Crippen molar-refractivity contribution < 1.29 is 9.53 Å². The Morgan fingerprint density at radius 1 is 1.67 bits per heavy atom. The van der Waals surface area contributed by atoms with Crippen molar-refractivity contribution in [1.82, 2.24) is 10.2 Å². The summed E-state index contributed by atoms with van der Waals surface area (Å²) in [6, 6.07) is 1.60. The minimum atomic E-state index is -0.439. The number of carbonyl (C=O) groups is 1. The highest BCUT2D eigenvalue weighted by molar-refractivity contribution is 7.80. The van der Waals surface area contributed by atoms with E-state index in [9.17, 15) is 4.79 Å². The fourth-order valence-electron chi connectivity index (χ4n) is 1.51. The maximum atomic E-state index is 11.4. The number of aromatic nitrogens is 2. The maximum absolute atomic E-state index is 11.4. The Bertz CT molecular complexity index is 531. The molecule has 0 aliphatic heterocycles. The third-order valence-corrected chi connectivity index (χ3v) is 2.56. The van der Waals surface area contributed by atoms with Crippen molar-refractivity contribution in [3.8, 4) is 0 Å². The molecule has 18 heavy (non-hydrogen) atoms. The fourth-order valence-corrected chi connectivity index (χ4v) is 1.73. The second kappa shape index (κ2) is 5.59. The van der Waals surface area contributed by atoms with Crippen molar-refractivity contribution in [3.05, 3.63) is 35.7 Å². The number of nitrogens with zero attached hydrogens (tertiary/aromatic N) is 1. The first-order valence-corrected chi connectivity index (χ1v) is 6.00. The Kier molecular flexibility index (Phi) is 3.88. The van der Waals surface area contributed by atoms with E-state index in [-0.39, 0.29) is 5.69 Å². The van der Waals surface area contributed by atoms with Gasteiger partial charge in [-0.05, 0) is 19.1 Å². The molecule has 0 aromatic carbocycles. The van der Waals surface area contributed by atoms with Crippen LogP contribution in [0.1, 0.15) is 23.8 Å². The van der Waals surface area contributed by atoms with Crippen molar-refractivity contribution in [2.45, 2.75) is 13.3 Å². The van der Waals surface area contributed by atoms with Crippen LogP contribution in [-0.2, 0) is 4.74 Å². The first-order chi connectivity index (χ1) is 8.69. The van der Waals surface area contributed by atoms with Gasteiger partial charge >= 0.3 is 5.97 Å². The van der Waals surface area contributed by atoms with Gasteiger partial charge in [0.15, 0.2) is 5.69 Å². The van der Waals surface area contributed by atoms with Gasteiger partial charge in [-0.2, -0.15) is 5.10 Å². The van der Waals surface area contributed by atoms with E-state index < -0.39 is 5.97 Å². The second-order valence-corrected chi connectivity index (χ2v) is 4.21. The zero-order chi connectivity index (χ0) is 13.0. The Hall–Kier alpha value is -1.95. The van der Waals surface area contributed by atoms with E-state index in [4.69, 9.17) is 17.0 Å². The van der Waals surface area contributed by atoms with Gasteiger partial charge in [-0.25, -0.2) is 4.79 Å². The molecular formula is C12H13N3O2S. The molecule has 94 valence electrons. The average molecular weight is 263 g/mol. The molecule has 0 atom stereocenters. The molecule has 0 radical (unpaired) electrons. The normalized spacial score (nSPS) is 14.3. The van der Waals surface area contributed by atoms with Crippen LogP contribution in [0.5, 0.6) is 0 Å². The molecule has 0 bridgehead atoms. The second-order valence-electron chi connectivity index (χ2n) is 3.68. The third-order valence-electron chi connectivity index (χ3n) is 2.27. The summed E-state index contributed by atoms with van der Waals surface area (Å²) in [4.78, 5) is 12.3. The molecule has 1 aliphatic rings. The average Bonchev–Trinajstić information content (AvgIpc) is 2.78. The van der Waals surface area contributed by atoms with Crippen LogP contribution in [0.4, 0.5) is 5.82 Å². The topological polar surface area (TPSA) is 67.0 Å². The number of thiocarbonyl (C=S) groups is 1. The predicted molar refractivity (Wildman–Crippen MR) is 72.6 cm³/mol. The minimum Gasteiger partial charge on any atom is -0.461 e. The molecule has 0 amide bonds. The van der Waals surface area contributed by atoms with E-state index in [2.05, 4.69) is 15.5 Å². The molecule has 0 saturated heterocycles. The van der Waals surface area contributed by atoms with Crippen molar-refractivity contribution in [2.75, 3.05) is 11.9 Å². The number of rotatable bonds is 4. The van der Waals surface area contributed by atoms with Gasteiger partial charge < -0.3 is 10.1 Å². The van der Waals surface area contributed by atoms with Crippen LogP contribution in [0.15, 0.2) is 30.0 Å². The molecule has 0 fully saturated rings. The summed E-state index contributed by atoms with van der Waals surface area (Å²) in [5.41, 5.74) is 1.12. The predicted octanol–water partition coefficient (Wildman–Crippen LogP) is 2.21. The summed E-state index contributed by atoms with van der Waals surface area (Å²) in [5, 5.41) is 9.69. The quantitative estimate of drug-likeness (QED) is 0.644. The van der Waals surface area contributed by atoms with Crippen LogP contribution >= 0.6 is 12.2 Å². The lowest BCUT2D eigenvalue weighted by molar-refractivity contribution is 0.0519. The first kappa shape index (κ1) is 12.5. The van der Waals surface area contributed by atoms with E-state index in [1.165, 1.54) is 0 Å². The van der Waals surface area contributed by atoms with Crippen LogP contribution in [-0.4, -0.2) is 27.6 Å². The Morgan fingerprint density at radius 3 is 3.22 bits per heavy atom. The smallest absolute Gasteiger partial charge is 0.358 e. The maximum Gasteiger partial charge on any atom is 0.358 e. The third kappa shape index (κ3) is 3.04. The number of anilines is 1. The van der Waals surface area contributed by atoms with Crippen LogP contribution in [0.2, 0.25) is 0 Å². The summed E-state index contributed by atoms with van der Waals surface area (Å²) >= 11 is 5.11. The van der Waals surface area contributed by atoms with Gasteiger partial charge in [-0.1, -0.05) is 18.3 Å². The number of esters is 1. The first-order valence-electron chi connectivity index (χ1n) is 5.59. The zero-order valence-corrected chi connectivity index (χ0v) is 10.7.